The van der Waals surface area contributed by atoms with Crippen LogP contribution in [0.3, 0.4) is 0 Å². The van der Waals surface area contributed by atoms with Gasteiger partial charge in [0, 0.05) is 12.5 Å². The Balaban J connectivity index is 3.54. The molecule has 0 spiro atoms. The van der Waals surface area contributed by atoms with Gasteiger partial charge in [0.15, 0.2) is 0 Å². The van der Waals surface area contributed by atoms with E-state index in [-0.39, 0.29) is 6.42 Å². The minimum absolute atomic E-state index is 0.253. The van der Waals surface area contributed by atoms with Crippen molar-refractivity contribution in [1.82, 2.24) is 0 Å². The molecule has 0 aromatic rings. The Kier molecular flexibility index (Phi) is 5.69. The molecular weight excluding hydrogens is 160 g/mol. The van der Waals surface area contributed by atoms with Crippen LogP contribution in [0.5, 0.6) is 0 Å². The zero-order valence-electron chi connectivity index (χ0n) is 7.20. The number of carbonyl (C=O) groups excluding carboxylic acids is 2. The number of rotatable bonds is 3. The standard InChI is InChI=1S/C8H12O4/c1-3-5-7(9)11-12-8(10)6-4-2/h3,5H,4,6H2,1-2H3/b5-3+. The van der Waals surface area contributed by atoms with Crippen LogP contribution in [0.2, 0.25) is 0 Å². The third-order valence-corrected chi connectivity index (χ3v) is 0.974. The highest BCUT2D eigenvalue weighted by Crippen LogP contribution is 1.92. The van der Waals surface area contributed by atoms with Gasteiger partial charge in [-0.15, -0.1) is 0 Å². The van der Waals surface area contributed by atoms with Crippen molar-refractivity contribution in [3.8, 4) is 0 Å². The maximum Gasteiger partial charge on any atom is 0.378 e. The number of allylic oxidation sites excluding steroid dienone is 1. The van der Waals surface area contributed by atoms with Gasteiger partial charge >= 0.3 is 11.9 Å². The average Bonchev–Trinajstić information content (AvgIpc) is 2.02. The molecule has 0 fully saturated rings. The largest absolute Gasteiger partial charge is 0.378 e. The molecule has 0 aliphatic rings. The molecule has 0 saturated carbocycles. The Morgan fingerprint density at radius 1 is 1.33 bits per heavy atom. The molecule has 0 aromatic carbocycles. The fourth-order valence-electron chi connectivity index (χ4n) is 0.497. The maximum atomic E-state index is 10.6. The second kappa shape index (κ2) is 6.39. The van der Waals surface area contributed by atoms with Gasteiger partial charge < -0.3 is 0 Å². The molecule has 12 heavy (non-hydrogen) atoms. The van der Waals surface area contributed by atoms with Gasteiger partial charge in [0.05, 0.1) is 0 Å². The second-order valence-electron chi connectivity index (χ2n) is 2.11. The second-order valence-corrected chi connectivity index (χ2v) is 2.11. The molecule has 0 saturated heterocycles. The maximum absolute atomic E-state index is 10.6. The molecule has 0 rings (SSSR count). The Morgan fingerprint density at radius 2 is 2.00 bits per heavy atom. The van der Waals surface area contributed by atoms with E-state index in [1.54, 1.807) is 6.92 Å². The van der Waals surface area contributed by atoms with Gasteiger partial charge in [-0.05, 0) is 13.3 Å². The van der Waals surface area contributed by atoms with Crippen LogP contribution in [-0.4, -0.2) is 11.9 Å². The van der Waals surface area contributed by atoms with E-state index in [0.717, 1.165) is 0 Å². The monoisotopic (exact) mass is 172 g/mol. The molecule has 0 aromatic heterocycles. The van der Waals surface area contributed by atoms with Gasteiger partial charge in [0.2, 0.25) is 0 Å². The third kappa shape index (κ3) is 5.46. The van der Waals surface area contributed by atoms with Crippen LogP contribution in [-0.2, 0) is 19.4 Å². The van der Waals surface area contributed by atoms with Crippen LogP contribution in [0, 0.1) is 0 Å². The Bertz CT molecular complexity index is 183. The highest BCUT2D eigenvalue weighted by Gasteiger charge is 2.04. The zero-order valence-corrected chi connectivity index (χ0v) is 7.20. The predicted molar refractivity (Wildman–Crippen MR) is 41.9 cm³/mol. The molecule has 0 radical (unpaired) electrons. The van der Waals surface area contributed by atoms with Crippen LogP contribution in [0.1, 0.15) is 26.7 Å². The van der Waals surface area contributed by atoms with Crippen molar-refractivity contribution < 1.29 is 19.4 Å². The summed E-state index contributed by atoms with van der Waals surface area (Å²) in [5, 5.41) is 0. The van der Waals surface area contributed by atoms with Crippen molar-refractivity contribution in [3.63, 3.8) is 0 Å². The number of hydrogen-bond donors (Lipinski definition) is 0. The van der Waals surface area contributed by atoms with Crippen molar-refractivity contribution in [2.75, 3.05) is 0 Å². The van der Waals surface area contributed by atoms with Crippen LogP contribution in [0.4, 0.5) is 0 Å². The quantitative estimate of drug-likeness (QED) is 0.366. The Hall–Kier alpha value is -1.32. The molecule has 0 aliphatic heterocycles. The third-order valence-electron chi connectivity index (χ3n) is 0.974. The zero-order chi connectivity index (χ0) is 9.40. The van der Waals surface area contributed by atoms with E-state index in [2.05, 4.69) is 9.78 Å². The van der Waals surface area contributed by atoms with E-state index in [4.69, 9.17) is 0 Å². The molecular formula is C8H12O4. The molecule has 0 aliphatic carbocycles. The summed E-state index contributed by atoms with van der Waals surface area (Å²) in [5.74, 6) is -1.21. The molecule has 0 unspecified atom stereocenters. The molecule has 0 N–H and O–H groups in total. The topological polar surface area (TPSA) is 52.6 Å². The van der Waals surface area contributed by atoms with E-state index in [1.807, 2.05) is 6.92 Å². The van der Waals surface area contributed by atoms with Gasteiger partial charge in [-0.3, -0.25) is 0 Å². The normalized spacial score (nSPS) is 9.83. The summed E-state index contributed by atoms with van der Waals surface area (Å²) in [5.41, 5.74) is 0. The van der Waals surface area contributed by atoms with Crippen molar-refractivity contribution >= 4 is 11.9 Å². The summed E-state index contributed by atoms with van der Waals surface area (Å²) in [4.78, 5) is 29.5. The van der Waals surface area contributed by atoms with E-state index in [9.17, 15) is 9.59 Å². The van der Waals surface area contributed by atoms with E-state index >= 15 is 0 Å². The SMILES string of the molecule is C/C=C/C(=O)OOC(=O)CCC. The minimum atomic E-state index is -0.679. The van der Waals surface area contributed by atoms with Crippen LogP contribution in [0.25, 0.3) is 0 Å². The summed E-state index contributed by atoms with van der Waals surface area (Å²) in [6.45, 7) is 3.49. The van der Waals surface area contributed by atoms with E-state index in [1.165, 1.54) is 12.2 Å². The molecule has 0 heterocycles. The molecule has 0 atom stereocenters. The average molecular weight is 172 g/mol. The lowest BCUT2D eigenvalue weighted by atomic mass is 10.3. The Labute approximate surface area is 71.1 Å². The van der Waals surface area contributed by atoms with Crippen molar-refractivity contribution in [3.05, 3.63) is 12.2 Å². The number of hydrogen-bond acceptors (Lipinski definition) is 4. The van der Waals surface area contributed by atoms with Crippen LogP contribution in [0.15, 0.2) is 12.2 Å². The fraction of sp³-hybridized carbons (Fsp3) is 0.500. The highest BCUT2D eigenvalue weighted by atomic mass is 17.2. The lowest BCUT2D eigenvalue weighted by Gasteiger charge is -1.98. The summed E-state index contributed by atoms with van der Waals surface area (Å²) >= 11 is 0. The summed E-state index contributed by atoms with van der Waals surface area (Å²) in [6.07, 6.45) is 3.58. The molecule has 4 nitrogen and oxygen atoms in total. The molecule has 4 heteroatoms. The van der Waals surface area contributed by atoms with Gasteiger partial charge in [0.1, 0.15) is 0 Å². The van der Waals surface area contributed by atoms with Crippen molar-refractivity contribution in [1.29, 1.82) is 0 Å². The summed E-state index contributed by atoms with van der Waals surface area (Å²) in [6, 6.07) is 0. The first-order chi connectivity index (χ1) is 5.70. The van der Waals surface area contributed by atoms with Crippen LogP contribution >= 0.6 is 0 Å². The fourth-order valence-corrected chi connectivity index (χ4v) is 0.497. The van der Waals surface area contributed by atoms with Gasteiger partial charge in [0.25, 0.3) is 0 Å². The van der Waals surface area contributed by atoms with Gasteiger partial charge in [-0.2, -0.15) is 0 Å². The van der Waals surface area contributed by atoms with Gasteiger partial charge in [-0.1, -0.05) is 13.0 Å². The van der Waals surface area contributed by atoms with E-state index in [0.29, 0.717) is 6.42 Å². The van der Waals surface area contributed by atoms with Gasteiger partial charge in [-0.25, -0.2) is 19.4 Å². The number of carbonyl (C=O) groups is 2. The Morgan fingerprint density at radius 3 is 2.50 bits per heavy atom. The molecule has 0 bridgehead atoms. The highest BCUT2D eigenvalue weighted by molar-refractivity contribution is 5.82. The smallest absolute Gasteiger partial charge is 0.247 e. The first-order valence-electron chi connectivity index (χ1n) is 3.74. The summed E-state index contributed by atoms with van der Waals surface area (Å²) < 4.78 is 0. The molecule has 68 valence electrons. The van der Waals surface area contributed by atoms with Crippen molar-refractivity contribution in [2.24, 2.45) is 0 Å². The lowest BCUT2D eigenvalue weighted by molar-refractivity contribution is -0.254. The van der Waals surface area contributed by atoms with Crippen LogP contribution < -0.4 is 0 Å². The minimum Gasteiger partial charge on any atom is -0.247 e. The first-order valence-corrected chi connectivity index (χ1v) is 3.74. The first kappa shape index (κ1) is 10.7. The predicted octanol–water partition coefficient (Wildman–Crippen LogP) is 1.36. The summed E-state index contributed by atoms with van der Waals surface area (Å²) in [7, 11) is 0. The lowest BCUT2D eigenvalue weighted by Crippen LogP contribution is -2.08. The van der Waals surface area contributed by atoms with E-state index < -0.39 is 11.9 Å². The molecule has 0 amide bonds. The van der Waals surface area contributed by atoms with Crippen molar-refractivity contribution in [2.45, 2.75) is 26.7 Å².